The molecule has 2 aromatic rings. The fraction of sp³-hybridized carbons (Fsp3) is 0.462. The number of hydrogen-bond acceptors (Lipinski definition) is 3. The zero-order chi connectivity index (χ0) is 13.1. The zero-order valence-corrected chi connectivity index (χ0v) is 12.5. The van der Waals surface area contributed by atoms with Gasteiger partial charge in [0.25, 0.3) is 0 Å². The summed E-state index contributed by atoms with van der Waals surface area (Å²) in [5, 5.41) is 10.6. The number of nitrogens with one attached hydrogen (secondary N) is 1. The summed E-state index contributed by atoms with van der Waals surface area (Å²) in [4.78, 5) is 1.40. The van der Waals surface area contributed by atoms with Crippen molar-refractivity contribution in [3.63, 3.8) is 0 Å². The van der Waals surface area contributed by atoms with Crippen LogP contribution in [0.15, 0.2) is 17.5 Å². The summed E-state index contributed by atoms with van der Waals surface area (Å²) in [5.41, 5.74) is 2.17. The Kier molecular flexibility index (Phi) is 4.43. The topological polar surface area (TPSA) is 29.9 Å². The van der Waals surface area contributed by atoms with Gasteiger partial charge in [-0.15, -0.1) is 11.3 Å². The van der Waals surface area contributed by atoms with Crippen LogP contribution in [0, 0.1) is 6.92 Å². The molecule has 2 rings (SSSR count). The Hall–Kier alpha value is -0.840. The highest BCUT2D eigenvalue weighted by atomic mass is 35.5. The van der Waals surface area contributed by atoms with Crippen LogP contribution in [-0.2, 0) is 19.9 Å². The van der Waals surface area contributed by atoms with Crippen LogP contribution in [0.1, 0.15) is 16.1 Å². The third-order valence-electron chi connectivity index (χ3n) is 3.16. The lowest BCUT2D eigenvalue weighted by Crippen LogP contribution is -2.29. The number of nitrogens with zero attached hydrogens (tertiary/aromatic N) is 2. The summed E-state index contributed by atoms with van der Waals surface area (Å²) in [6.45, 7) is 2.01. The van der Waals surface area contributed by atoms with Crippen molar-refractivity contribution in [3.05, 3.63) is 38.8 Å². The van der Waals surface area contributed by atoms with E-state index in [9.17, 15) is 0 Å². The van der Waals surface area contributed by atoms with Crippen molar-refractivity contribution in [1.82, 2.24) is 15.1 Å². The van der Waals surface area contributed by atoms with Crippen LogP contribution in [0.2, 0.25) is 5.15 Å². The van der Waals surface area contributed by atoms with Crippen LogP contribution in [0.25, 0.3) is 0 Å². The molecule has 0 saturated heterocycles. The van der Waals surface area contributed by atoms with Gasteiger partial charge in [-0.25, -0.2) is 0 Å². The Morgan fingerprint density at radius 3 is 2.78 bits per heavy atom. The number of rotatable bonds is 5. The molecule has 98 valence electrons. The second-order valence-electron chi connectivity index (χ2n) is 4.45. The molecule has 0 bridgehead atoms. The van der Waals surface area contributed by atoms with Gasteiger partial charge >= 0.3 is 0 Å². The van der Waals surface area contributed by atoms with Crippen molar-refractivity contribution >= 4 is 22.9 Å². The van der Waals surface area contributed by atoms with E-state index >= 15 is 0 Å². The van der Waals surface area contributed by atoms with Crippen LogP contribution in [-0.4, -0.2) is 22.9 Å². The number of thiophene rings is 1. The Morgan fingerprint density at radius 2 is 2.28 bits per heavy atom. The number of halogens is 1. The van der Waals surface area contributed by atoms with Crippen molar-refractivity contribution < 1.29 is 0 Å². The van der Waals surface area contributed by atoms with Crippen molar-refractivity contribution in [3.8, 4) is 0 Å². The lowest BCUT2D eigenvalue weighted by molar-refractivity contribution is 0.559. The molecular formula is C13H18ClN3S. The maximum Gasteiger partial charge on any atom is 0.130 e. The van der Waals surface area contributed by atoms with E-state index in [2.05, 4.69) is 27.9 Å². The van der Waals surface area contributed by atoms with Crippen molar-refractivity contribution in [2.75, 3.05) is 7.05 Å². The lowest BCUT2D eigenvalue weighted by atomic mass is 10.0. The molecule has 0 spiro atoms. The van der Waals surface area contributed by atoms with Crippen LogP contribution in [0.4, 0.5) is 0 Å². The maximum atomic E-state index is 6.27. The predicted octanol–water partition coefficient (Wildman–Crippen LogP) is 2.82. The third-order valence-corrected chi connectivity index (χ3v) is 4.53. The van der Waals surface area contributed by atoms with Crippen LogP contribution in [0.3, 0.4) is 0 Å². The van der Waals surface area contributed by atoms with E-state index in [0.717, 1.165) is 29.3 Å². The largest absolute Gasteiger partial charge is 0.316 e. The standard InChI is InChI=1S/C13H18ClN3S/c1-9-12(13(14)17(3)16-9)8-10(15-2)7-11-5-4-6-18-11/h4-6,10,15H,7-8H2,1-3H3. The summed E-state index contributed by atoms with van der Waals surface area (Å²) in [5.74, 6) is 0. The first-order chi connectivity index (χ1) is 8.61. The van der Waals surface area contributed by atoms with Gasteiger partial charge < -0.3 is 5.32 Å². The van der Waals surface area contributed by atoms with Gasteiger partial charge in [0.1, 0.15) is 5.15 Å². The summed E-state index contributed by atoms with van der Waals surface area (Å²) in [7, 11) is 3.88. The van der Waals surface area contributed by atoms with Gasteiger partial charge in [-0.1, -0.05) is 17.7 Å². The minimum Gasteiger partial charge on any atom is -0.316 e. The molecule has 1 N–H and O–H groups in total. The molecule has 5 heteroatoms. The summed E-state index contributed by atoms with van der Waals surface area (Å²) in [6, 6.07) is 4.66. The highest BCUT2D eigenvalue weighted by molar-refractivity contribution is 7.09. The second kappa shape index (κ2) is 5.87. The molecule has 0 saturated carbocycles. The van der Waals surface area contributed by atoms with Gasteiger partial charge in [-0.05, 0) is 38.3 Å². The highest BCUT2D eigenvalue weighted by Gasteiger charge is 2.16. The molecule has 2 heterocycles. The first-order valence-electron chi connectivity index (χ1n) is 5.99. The molecule has 0 amide bonds. The first kappa shape index (κ1) is 13.6. The molecular weight excluding hydrogens is 266 g/mol. The molecule has 2 aromatic heterocycles. The molecule has 0 fully saturated rings. The summed E-state index contributed by atoms with van der Waals surface area (Å²) < 4.78 is 1.74. The van der Waals surface area contributed by atoms with Crippen LogP contribution in [0.5, 0.6) is 0 Å². The predicted molar refractivity (Wildman–Crippen MR) is 77.5 cm³/mol. The number of hydrogen-bond donors (Lipinski definition) is 1. The zero-order valence-electron chi connectivity index (χ0n) is 10.9. The van der Waals surface area contributed by atoms with Gasteiger partial charge in [-0.2, -0.15) is 5.10 Å². The van der Waals surface area contributed by atoms with E-state index in [0.29, 0.717) is 6.04 Å². The quantitative estimate of drug-likeness (QED) is 0.914. The Balaban J connectivity index is 2.10. The monoisotopic (exact) mass is 283 g/mol. The van der Waals surface area contributed by atoms with Gasteiger partial charge in [0, 0.05) is 23.5 Å². The molecule has 0 aromatic carbocycles. The van der Waals surface area contributed by atoms with Crippen molar-refractivity contribution in [1.29, 1.82) is 0 Å². The van der Waals surface area contributed by atoms with Gasteiger partial charge in [0.05, 0.1) is 5.69 Å². The van der Waals surface area contributed by atoms with Crippen LogP contribution >= 0.6 is 22.9 Å². The normalized spacial score (nSPS) is 12.9. The van der Waals surface area contributed by atoms with Gasteiger partial charge in [-0.3, -0.25) is 4.68 Å². The number of aromatic nitrogens is 2. The van der Waals surface area contributed by atoms with Gasteiger partial charge in [0.2, 0.25) is 0 Å². The van der Waals surface area contributed by atoms with E-state index in [1.165, 1.54) is 4.88 Å². The number of aryl methyl sites for hydroxylation is 2. The van der Waals surface area contributed by atoms with Crippen molar-refractivity contribution in [2.45, 2.75) is 25.8 Å². The molecule has 0 aliphatic carbocycles. The molecule has 3 nitrogen and oxygen atoms in total. The fourth-order valence-corrected chi connectivity index (χ4v) is 3.14. The molecule has 0 aliphatic rings. The molecule has 1 atom stereocenters. The summed E-state index contributed by atoms with van der Waals surface area (Å²) >= 11 is 8.07. The molecule has 0 aliphatic heterocycles. The first-order valence-corrected chi connectivity index (χ1v) is 7.25. The van der Waals surface area contributed by atoms with E-state index in [1.54, 1.807) is 16.0 Å². The molecule has 1 unspecified atom stereocenters. The van der Waals surface area contributed by atoms with Crippen molar-refractivity contribution in [2.24, 2.45) is 7.05 Å². The smallest absolute Gasteiger partial charge is 0.130 e. The second-order valence-corrected chi connectivity index (χ2v) is 5.84. The average Bonchev–Trinajstić information content (AvgIpc) is 2.92. The molecule has 0 radical (unpaired) electrons. The molecule has 18 heavy (non-hydrogen) atoms. The van der Waals surface area contributed by atoms with E-state index in [4.69, 9.17) is 11.6 Å². The van der Waals surface area contributed by atoms with Crippen LogP contribution < -0.4 is 5.32 Å². The average molecular weight is 284 g/mol. The number of likely N-dealkylation sites (N-methyl/N-ethyl adjacent to an activating group) is 1. The maximum absolute atomic E-state index is 6.27. The minimum absolute atomic E-state index is 0.393. The van der Waals surface area contributed by atoms with E-state index in [-0.39, 0.29) is 0 Å². The highest BCUT2D eigenvalue weighted by Crippen LogP contribution is 2.22. The fourth-order valence-electron chi connectivity index (χ4n) is 2.10. The van der Waals surface area contributed by atoms with E-state index in [1.807, 2.05) is 21.0 Å². The van der Waals surface area contributed by atoms with Gasteiger partial charge in [0.15, 0.2) is 0 Å². The third kappa shape index (κ3) is 2.94. The Bertz CT molecular complexity index is 505. The lowest BCUT2D eigenvalue weighted by Gasteiger charge is -2.15. The SMILES string of the molecule is CNC(Cc1cccs1)Cc1c(C)nn(C)c1Cl. The van der Waals surface area contributed by atoms with E-state index < -0.39 is 0 Å². The Labute approximate surface area is 117 Å². The Morgan fingerprint density at radius 1 is 1.50 bits per heavy atom. The summed E-state index contributed by atoms with van der Waals surface area (Å²) in [6.07, 6.45) is 1.94. The minimum atomic E-state index is 0.393.